The Labute approximate surface area is 83.9 Å². The number of rotatable bonds is 2. The molecule has 0 amide bonds. The van der Waals surface area contributed by atoms with E-state index in [1.807, 2.05) is 12.1 Å². The maximum absolute atomic E-state index is 10.5. The van der Waals surface area contributed by atoms with Gasteiger partial charge in [-0.1, -0.05) is 24.3 Å². The summed E-state index contributed by atoms with van der Waals surface area (Å²) in [6.07, 6.45) is 3.08. The fourth-order valence-corrected chi connectivity index (χ4v) is 1.88. The molecule has 0 bridgehead atoms. The lowest BCUT2D eigenvalue weighted by atomic mass is 9.91. The number of carbonyl (C=O) groups excluding carboxylic acids is 1. The fourth-order valence-electron chi connectivity index (χ4n) is 1.88. The Kier molecular flexibility index (Phi) is 2.94. The van der Waals surface area contributed by atoms with Crippen LogP contribution >= 0.6 is 0 Å². The quantitative estimate of drug-likeness (QED) is 0.669. The van der Waals surface area contributed by atoms with Crippen molar-refractivity contribution in [1.82, 2.24) is 0 Å². The second-order valence-corrected chi connectivity index (χ2v) is 3.67. The normalized spacial score (nSPS) is 18.0. The van der Waals surface area contributed by atoms with E-state index in [1.54, 1.807) is 0 Å². The van der Waals surface area contributed by atoms with E-state index >= 15 is 0 Å². The van der Waals surface area contributed by atoms with Crippen LogP contribution in [0.4, 0.5) is 0 Å². The minimum absolute atomic E-state index is 0.615. The highest BCUT2D eigenvalue weighted by Crippen LogP contribution is 2.26. The van der Waals surface area contributed by atoms with Crippen molar-refractivity contribution in [3.05, 3.63) is 35.4 Å². The standard InChI is InChI=1S/C12H14O2/c13-9-10-1-3-11(4-2-10)12-5-7-14-8-6-12/h1-4,9,12H,5-8H2. The van der Waals surface area contributed by atoms with Gasteiger partial charge in [0.15, 0.2) is 0 Å². The first kappa shape index (κ1) is 9.41. The van der Waals surface area contributed by atoms with Crippen LogP contribution < -0.4 is 0 Å². The van der Waals surface area contributed by atoms with E-state index in [0.717, 1.165) is 37.9 Å². The van der Waals surface area contributed by atoms with Gasteiger partial charge in [-0.2, -0.15) is 0 Å². The van der Waals surface area contributed by atoms with Crippen molar-refractivity contribution in [2.75, 3.05) is 13.2 Å². The summed E-state index contributed by atoms with van der Waals surface area (Å²) in [6, 6.07) is 7.88. The summed E-state index contributed by atoms with van der Waals surface area (Å²) >= 11 is 0. The van der Waals surface area contributed by atoms with Gasteiger partial charge >= 0.3 is 0 Å². The van der Waals surface area contributed by atoms with Gasteiger partial charge in [0.05, 0.1) is 0 Å². The highest BCUT2D eigenvalue weighted by molar-refractivity contribution is 5.74. The highest BCUT2D eigenvalue weighted by atomic mass is 16.5. The topological polar surface area (TPSA) is 26.3 Å². The third-order valence-electron chi connectivity index (χ3n) is 2.77. The second-order valence-electron chi connectivity index (χ2n) is 3.67. The summed E-state index contributed by atoms with van der Waals surface area (Å²) in [6.45, 7) is 1.72. The van der Waals surface area contributed by atoms with Crippen molar-refractivity contribution >= 4 is 6.29 Å². The SMILES string of the molecule is O=Cc1ccc(C2CCOCC2)cc1. The number of benzene rings is 1. The molecule has 0 aliphatic carbocycles. The van der Waals surface area contributed by atoms with E-state index in [1.165, 1.54) is 5.56 Å². The number of aldehydes is 1. The van der Waals surface area contributed by atoms with Crippen molar-refractivity contribution in [3.8, 4) is 0 Å². The van der Waals surface area contributed by atoms with E-state index in [0.29, 0.717) is 5.92 Å². The van der Waals surface area contributed by atoms with E-state index < -0.39 is 0 Å². The molecule has 0 saturated carbocycles. The molecule has 1 heterocycles. The zero-order valence-corrected chi connectivity index (χ0v) is 8.11. The first-order chi connectivity index (χ1) is 6.90. The Morgan fingerprint density at radius 1 is 1.14 bits per heavy atom. The lowest BCUT2D eigenvalue weighted by molar-refractivity contribution is 0.0853. The number of carbonyl (C=O) groups is 1. The van der Waals surface area contributed by atoms with Gasteiger partial charge in [-0.15, -0.1) is 0 Å². The molecule has 2 rings (SSSR count). The average molecular weight is 190 g/mol. The Bertz CT molecular complexity index is 297. The lowest BCUT2D eigenvalue weighted by Crippen LogP contribution is -2.13. The van der Waals surface area contributed by atoms with E-state index in [2.05, 4.69) is 12.1 Å². The van der Waals surface area contributed by atoms with Crippen LogP contribution in [0.15, 0.2) is 24.3 Å². The molecule has 0 spiro atoms. The van der Waals surface area contributed by atoms with Crippen LogP contribution in [0.5, 0.6) is 0 Å². The molecule has 0 N–H and O–H groups in total. The van der Waals surface area contributed by atoms with Gasteiger partial charge in [0.25, 0.3) is 0 Å². The Morgan fingerprint density at radius 3 is 2.36 bits per heavy atom. The Morgan fingerprint density at radius 2 is 1.79 bits per heavy atom. The molecular formula is C12H14O2. The van der Waals surface area contributed by atoms with Gasteiger partial charge in [0, 0.05) is 18.8 Å². The van der Waals surface area contributed by atoms with Gasteiger partial charge in [-0.05, 0) is 24.3 Å². The van der Waals surface area contributed by atoms with Crippen molar-refractivity contribution in [3.63, 3.8) is 0 Å². The summed E-state index contributed by atoms with van der Waals surface area (Å²) in [4.78, 5) is 10.5. The Balaban J connectivity index is 2.11. The van der Waals surface area contributed by atoms with Crippen molar-refractivity contribution < 1.29 is 9.53 Å². The Hall–Kier alpha value is -1.15. The predicted molar refractivity (Wildman–Crippen MR) is 54.6 cm³/mol. The second kappa shape index (κ2) is 4.38. The number of ether oxygens (including phenoxy) is 1. The van der Waals surface area contributed by atoms with Crippen LogP contribution in [0.3, 0.4) is 0 Å². The summed E-state index contributed by atoms with van der Waals surface area (Å²) < 4.78 is 5.31. The number of hydrogen-bond acceptors (Lipinski definition) is 2. The monoisotopic (exact) mass is 190 g/mol. The molecule has 1 aromatic rings. The van der Waals surface area contributed by atoms with Gasteiger partial charge in [0.1, 0.15) is 6.29 Å². The maximum Gasteiger partial charge on any atom is 0.150 e. The molecule has 74 valence electrons. The molecule has 2 nitrogen and oxygen atoms in total. The van der Waals surface area contributed by atoms with Gasteiger partial charge in [0.2, 0.25) is 0 Å². The van der Waals surface area contributed by atoms with Crippen LogP contribution in [0, 0.1) is 0 Å². The predicted octanol–water partition coefficient (Wildman–Crippen LogP) is 2.39. The first-order valence-electron chi connectivity index (χ1n) is 5.03. The van der Waals surface area contributed by atoms with Crippen LogP contribution in [-0.2, 0) is 4.74 Å². The lowest BCUT2D eigenvalue weighted by Gasteiger charge is -2.22. The molecule has 2 heteroatoms. The number of hydrogen-bond donors (Lipinski definition) is 0. The van der Waals surface area contributed by atoms with E-state index in [4.69, 9.17) is 4.74 Å². The molecule has 1 fully saturated rings. The van der Waals surface area contributed by atoms with E-state index in [9.17, 15) is 4.79 Å². The molecule has 0 radical (unpaired) electrons. The van der Waals surface area contributed by atoms with E-state index in [-0.39, 0.29) is 0 Å². The van der Waals surface area contributed by atoms with Gasteiger partial charge < -0.3 is 4.74 Å². The molecule has 1 aliphatic heterocycles. The molecule has 0 aromatic heterocycles. The molecule has 0 atom stereocenters. The third kappa shape index (κ3) is 2.02. The molecule has 1 aliphatic rings. The summed E-state index contributed by atoms with van der Waals surface area (Å²) in [5, 5.41) is 0. The third-order valence-corrected chi connectivity index (χ3v) is 2.77. The largest absolute Gasteiger partial charge is 0.381 e. The zero-order chi connectivity index (χ0) is 9.80. The molecule has 14 heavy (non-hydrogen) atoms. The molecular weight excluding hydrogens is 176 g/mol. The fraction of sp³-hybridized carbons (Fsp3) is 0.417. The summed E-state index contributed by atoms with van der Waals surface area (Å²) in [7, 11) is 0. The highest BCUT2D eigenvalue weighted by Gasteiger charge is 2.15. The van der Waals surface area contributed by atoms with Crippen LogP contribution in [0.1, 0.15) is 34.7 Å². The summed E-state index contributed by atoms with van der Waals surface area (Å²) in [5.74, 6) is 0.615. The molecule has 1 saturated heterocycles. The molecule has 0 unspecified atom stereocenters. The zero-order valence-electron chi connectivity index (χ0n) is 8.11. The molecule has 1 aromatic carbocycles. The van der Waals surface area contributed by atoms with Gasteiger partial charge in [-0.25, -0.2) is 0 Å². The minimum Gasteiger partial charge on any atom is -0.381 e. The summed E-state index contributed by atoms with van der Waals surface area (Å²) in [5.41, 5.74) is 2.08. The van der Waals surface area contributed by atoms with Crippen molar-refractivity contribution in [1.29, 1.82) is 0 Å². The van der Waals surface area contributed by atoms with Crippen LogP contribution in [0.25, 0.3) is 0 Å². The van der Waals surface area contributed by atoms with Crippen LogP contribution in [0.2, 0.25) is 0 Å². The minimum atomic E-state index is 0.615. The first-order valence-corrected chi connectivity index (χ1v) is 5.03. The van der Waals surface area contributed by atoms with Crippen molar-refractivity contribution in [2.45, 2.75) is 18.8 Å². The van der Waals surface area contributed by atoms with Crippen molar-refractivity contribution in [2.24, 2.45) is 0 Å². The maximum atomic E-state index is 10.5. The smallest absolute Gasteiger partial charge is 0.150 e. The van der Waals surface area contributed by atoms with Gasteiger partial charge in [-0.3, -0.25) is 4.79 Å². The van der Waals surface area contributed by atoms with Crippen LogP contribution in [-0.4, -0.2) is 19.5 Å². The average Bonchev–Trinajstić information content (AvgIpc) is 2.30.